The van der Waals surface area contributed by atoms with Gasteiger partial charge in [-0.25, -0.2) is 0 Å². The lowest BCUT2D eigenvalue weighted by Gasteiger charge is -2.13. The fourth-order valence-electron chi connectivity index (χ4n) is 1.73. The van der Waals surface area contributed by atoms with Gasteiger partial charge < -0.3 is 11.1 Å². The third-order valence-electron chi connectivity index (χ3n) is 2.85. The first-order valence-electron chi connectivity index (χ1n) is 6.18. The molecule has 0 radical (unpaired) electrons. The van der Waals surface area contributed by atoms with Crippen LogP contribution in [0.25, 0.3) is 0 Å². The first-order chi connectivity index (χ1) is 8.04. The number of hydrogen-bond donors (Lipinski definition) is 2. The van der Waals surface area contributed by atoms with Crippen LogP contribution in [-0.4, -0.2) is 11.9 Å². The summed E-state index contributed by atoms with van der Waals surface area (Å²) >= 11 is 0. The molecule has 0 aliphatic carbocycles. The van der Waals surface area contributed by atoms with Crippen LogP contribution >= 0.6 is 0 Å². The number of benzene rings is 1. The van der Waals surface area contributed by atoms with Crippen molar-refractivity contribution in [1.82, 2.24) is 0 Å². The zero-order chi connectivity index (χ0) is 12.8. The third-order valence-corrected chi connectivity index (χ3v) is 2.85. The van der Waals surface area contributed by atoms with Crippen molar-refractivity contribution < 1.29 is 4.79 Å². The highest BCUT2D eigenvalue weighted by atomic mass is 16.2. The maximum Gasteiger partial charge on any atom is 0.241 e. The lowest BCUT2D eigenvalue weighted by Crippen LogP contribution is -2.35. The SMILES string of the molecule is CCCCC(N)C(=O)Nc1ccc(C)cc1C. The summed E-state index contributed by atoms with van der Waals surface area (Å²) in [4.78, 5) is 11.8. The van der Waals surface area contributed by atoms with Gasteiger partial charge in [0.05, 0.1) is 6.04 Å². The molecule has 0 fully saturated rings. The number of carbonyl (C=O) groups excluding carboxylic acids is 1. The summed E-state index contributed by atoms with van der Waals surface area (Å²) in [5, 5.41) is 2.88. The zero-order valence-electron chi connectivity index (χ0n) is 10.9. The van der Waals surface area contributed by atoms with E-state index in [1.807, 2.05) is 32.0 Å². The van der Waals surface area contributed by atoms with E-state index >= 15 is 0 Å². The monoisotopic (exact) mass is 234 g/mol. The zero-order valence-corrected chi connectivity index (χ0v) is 10.9. The van der Waals surface area contributed by atoms with Crippen LogP contribution in [0, 0.1) is 13.8 Å². The molecule has 17 heavy (non-hydrogen) atoms. The molecule has 0 aliphatic rings. The van der Waals surface area contributed by atoms with Gasteiger partial charge in [0, 0.05) is 5.69 Å². The molecule has 3 nitrogen and oxygen atoms in total. The molecule has 0 heterocycles. The summed E-state index contributed by atoms with van der Waals surface area (Å²) in [5.41, 5.74) is 8.93. The molecule has 94 valence electrons. The molecule has 0 aromatic heterocycles. The van der Waals surface area contributed by atoms with E-state index in [0.717, 1.165) is 30.5 Å². The first-order valence-corrected chi connectivity index (χ1v) is 6.18. The van der Waals surface area contributed by atoms with Gasteiger partial charge in [0.2, 0.25) is 5.91 Å². The molecule has 1 amide bonds. The molecule has 0 bridgehead atoms. The number of aryl methyl sites for hydroxylation is 2. The number of rotatable bonds is 5. The first kappa shape index (κ1) is 13.7. The number of carbonyl (C=O) groups is 1. The summed E-state index contributed by atoms with van der Waals surface area (Å²) in [6, 6.07) is 5.55. The van der Waals surface area contributed by atoms with Gasteiger partial charge in [-0.2, -0.15) is 0 Å². The van der Waals surface area contributed by atoms with Crippen molar-refractivity contribution in [1.29, 1.82) is 0 Å². The minimum atomic E-state index is -0.407. The normalized spacial score (nSPS) is 12.2. The van der Waals surface area contributed by atoms with E-state index in [4.69, 9.17) is 5.73 Å². The summed E-state index contributed by atoms with van der Waals surface area (Å²) in [6.45, 7) is 6.11. The Hall–Kier alpha value is -1.35. The molecule has 1 aromatic rings. The highest BCUT2D eigenvalue weighted by molar-refractivity contribution is 5.95. The Kier molecular flexibility index (Phi) is 5.16. The van der Waals surface area contributed by atoms with Crippen LogP contribution in [0.3, 0.4) is 0 Å². The number of anilines is 1. The molecular weight excluding hydrogens is 212 g/mol. The number of nitrogens with two attached hydrogens (primary N) is 1. The predicted molar refractivity (Wildman–Crippen MR) is 72.0 cm³/mol. The summed E-state index contributed by atoms with van der Waals surface area (Å²) in [5.74, 6) is -0.0922. The minimum absolute atomic E-state index is 0.0922. The predicted octanol–water partition coefficient (Wildman–Crippen LogP) is 2.76. The van der Waals surface area contributed by atoms with Crippen LogP contribution in [0.1, 0.15) is 37.3 Å². The molecule has 1 aromatic carbocycles. The molecule has 3 N–H and O–H groups in total. The molecule has 1 atom stereocenters. The highest BCUT2D eigenvalue weighted by Crippen LogP contribution is 2.16. The second-order valence-electron chi connectivity index (χ2n) is 4.56. The lowest BCUT2D eigenvalue weighted by atomic mass is 10.1. The lowest BCUT2D eigenvalue weighted by molar-refractivity contribution is -0.117. The Balaban J connectivity index is 2.61. The van der Waals surface area contributed by atoms with Crippen molar-refractivity contribution in [2.75, 3.05) is 5.32 Å². The van der Waals surface area contributed by atoms with Crippen LogP contribution in [0.15, 0.2) is 18.2 Å². The van der Waals surface area contributed by atoms with E-state index in [-0.39, 0.29) is 5.91 Å². The van der Waals surface area contributed by atoms with Crippen LogP contribution in [-0.2, 0) is 4.79 Å². The van der Waals surface area contributed by atoms with E-state index in [2.05, 4.69) is 12.2 Å². The minimum Gasteiger partial charge on any atom is -0.324 e. The van der Waals surface area contributed by atoms with Gasteiger partial charge in [0.25, 0.3) is 0 Å². The highest BCUT2D eigenvalue weighted by Gasteiger charge is 2.13. The van der Waals surface area contributed by atoms with Crippen molar-refractivity contribution in [2.45, 2.75) is 46.1 Å². The fraction of sp³-hybridized carbons (Fsp3) is 0.500. The molecular formula is C14H22N2O. The summed E-state index contributed by atoms with van der Waals surface area (Å²) in [6.07, 6.45) is 2.79. The summed E-state index contributed by atoms with van der Waals surface area (Å²) in [7, 11) is 0. The number of nitrogens with one attached hydrogen (secondary N) is 1. The van der Waals surface area contributed by atoms with E-state index in [1.54, 1.807) is 0 Å². The largest absolute Gasteiger partial charge is 0.324 e. The van der Waals surface area contributed by atoms with Crippen molar-refractivity contribution in [2.24, 2.45) is 5.73 Å². The van der Waals surface area contributed by atoms with Crippen LogP contribution in [0.4, 0.5) is 5.69 Å². The van der Waals surface area contributed by atoms with E-state index < -0.39 is 6.04 Å². The van der Waals surface area contributed by atoms with Gasteiger partial charge in [-0.15, -0.1) is 0 Å². The average Bonchev–Trinajstić information content (AvgIpc) is 2.29. The van der Waals surface area contributed by atoms with Crippen LogP contribution in [0.5, 0.6) is 0 Å². The second-order valence-corrected chi connectivity index (χ2v) is 4.56. The molecule has 1 rings (SSSR count). The van der Waals surface area contributed by atoms with Gasteiger partial charge in [-0.05, 0) is 31.9 Å². The van der Waals surface area contributed by atoms with Gasteiger partial charge in [0.1, 0.15) is 0 Å². The van der Waals surface area contributed by atoms with Crippen LogP contribution < -0.4 is 11.1 Å². The van der Waals surface area contributed by atoms with Gasteiger partial charge in [-0.1, -0.05) is 37.5 Å². The second kappa shape index (κ2) is 6.40. The van der Waals surface area contributed by atoms with E-state index in [1.165, 1.54) is 5.56 Å². The molecule has 3 heteroatoms. The van der Waals surface area contributed by atoms with Crippen LogP contribution in [0.2, 0.25) is 0 Å². The van der Waals surface area contributed by atoms with Crippen molar-refractivity contribution >= 4 is 11.6 Å². The molecule has 1 unspecified atom stereocenters. The smallest absolute Gasteiger partial charge is 0.241 e. The number of unbranched alkanes of at least 4 members (excludes halogenated alkanes) is 1. The van der Waals surface area contributed by atoms with Gasteiger partial charge in [-0.3, -0.25) is 4.79 Å². The van der Waals surface area contributed by atoms with Gasteiger partial charge in [0.15, 0.2) is 0 Å². The van der Waals surface area contributed by atoms with E-state index in [0.29, 0.717) is 0 Å². The third kappa shape index (κ3) is 4.19. The standard InChI is InChI=1S/C14H22N2O/c1-4-5-6-12(15)14(17)16-13-8-7-10(2)9-11(13)3/h7-9,12H,4-6,15H2,1-3H3,(H,16,17). The maximum atomic E-state index is 11.8. The Morgan fingerprint density at radius 1 is 1.41 bits per heavy atom. The maximum absolute atomic E-state index is 11.8. The van der Waals surface area contributed by atoms with Crippen molar-refractivity contribution in [3.05, 3.63) is 29.3 Å². The average molecular weight is 234 g/mol. The number of amides is 1. The van der Waals surface area contributed by atoms with E-state index in [9.17, 15) is 4.79 Å². The Morgan fingerprint density at radius 3 is 2.71 bits per heavy atom. The molecule has 0 spiro atoms. The summed E-state index contributed by atoms with van der Waals surface area (Å²) < 4.78 is 0. The van der Waals surface area contributed by atoms with Gasteiger partial charge >= 0.3 is 0 Å². The molecule has 0 saturated carbocycles. The van der Waals surface area contributed by atoms with Crippen molar-refractivity contribution in [3.8, 4) is 0 Å². The fourth-order valence-corrected chi connectivity index (χ4v) is 1.73. The van der Waals surface area contributed by atoms with Crippen molar-refractivity contribution in [3.63, 3.8) is 0 Å². The number of hydrogen-bond acceptors (Lipinski definition) is 2. The topological polar surface area (TPSA) is 55.1 Å². The Labute approximate surface area is 103 Å². The Morgan fingerprint density at radius 2 is 2.12 bits per heavy atom. The Bertz CT molecular complexity index is 388. The molecule has 0 aliphatic heterocycles. The molecule has 0 saturated heterocycles. The quantitative estimate of drug-likeness (QED) is 0.823.